The van der Waals surface area contributed by atoms with Gasteiger partial charge >= 0.3 is 0 Å². The quantitative estimate of drug-likeness (QED) is 0.518. The van der Waals surface area contributed by atoms with Crippen LogP contribution in [0.15, 0.2) is 48.5 Å². The number of rotatable bonds is 9. The van der Waals surface area contributed by atoms with Crippen molar-refractivity contribution >= 4 is 34.8 Å². The average Bonchev–Trinajstić information content (AvgIpc) is 3.12. The van der Waals surface area contributed by atoms with Gasteiger partial charge in [-0.05, 0) is 43.5 Å². The lowest BCUT2D eigenvalue weighted by atomic mass is 9.97. The molecular weight excluding hydrogens is 445 g/mol. The van der Waals surface area contributed by atoms with Crippen LogP contribution >= 0.6 is 24.8 Å². The fourth-order valence-electron chi connectivity index (χ4n) is 3.56. The molecular formula is C21H31Cl2N3O3S. The lowest BCUT2D eigenvalue weighted by Gasteiger charge is -2.21. The van der Waals surface area contributed by atoms with Gasteiger partial charge < -0.3 is 15.8 Å². The summed E-state index contributed by atoms with van der Waals surface area (Å²) in [4.78, 5) is 0. The van der Waals surface area contributed by atoms with Gasteiger partial charge in [-0.15, -0.1) is 24.8 Å². The van der Waals surface area contributed by atoms with Crippen molar-refractivity contribution < 1.29 is 13.2 Å². The third kappa shape index (κ3) is 7.11. The van der Waals surface area contributed by atoms with Crippen LogP contribution in [-0.2, 0) is 16.4 Å². The van der Waals surface area contributed by atoms with Crippen LogP contribution in [0.5, 0.6) is 5.75 Å². The van der Waals surface area contributed by atoms with Crippen LogP contribution in [0.1, 0.15) is 18.9 Å². The molecule has 2 unspecified atom stereocenters. The molecule has 1 saturated heterocycles. The maximum absolute atomic E-state index is 12.0. The van der Waals surface area contributed by atoms with Gasteiger partial charge in [-0.2, -0.15) is 0 Å². The Bertz CT molecular complexity index is 897. The molecule has 1 aliphatic heterocycles. The first-order valence-corrected chi connectivity index (χ1v) is 11.4. The van der Waals surface area contributed by atoms with Gasteiger partial charge in [0.05, 0.1) is 5.75 Å². The molecule has 0 saturated carbocycles. The van der Waals surface area contributed by atoms with Gasteiger partial charge in [0.25, 0.3) is 0 Å². The second-order valence-electron chi connectivity index (χ2n) is 7.01. The molecule has 1 heterocycles. The smallest absolute Gasteiger partial charge is 0.211 e. The third-order valence-electron chi connectivity index (χ3n) is 5.01. The number of hydrogen-bond acceptors (Lipinski definition) is 5. The van der Waals surface area contributed by atoms with E-state index in [-0.39, 0.29) is 42.7 Å². The molecule has 0 aliphatic carbocycles. The van der Waals surface area contributed by atoms with Crippen molar-refractivity contribution in [3.8, 4) is 16.9 Å². The summed E-state index contributed by atoms with van der Waals surface area (Å²) in [6, 6.07) is 16.3. The molecule has 1 aliphatic rings. The number of nitrogens with one attached hydrogen (secondary N) is 2. The molecule has 0 bridgehead atoms. The molecule has 0 radical (unpaired) electrons. The van der Waals surface area contributed by atoms with Gasteiger partial charge in [0.2, 0.25) is 10.0 Å². The maximum atomic E-state index is 12.0. The Labute approximate surface area is 191 Å². The standard InChI is InChI=1S/C21H29N3O3S.2ClH/c1-2-28(25,26)24-19-10-12-23-20(19)15-16-6-5-7-17(14-16)18-8-3-4-9-21(18)27-13-11-22;;/h3-9,14,19-20,23-24H,2,10-13,15,22H2,1H3;2*1H. The van der Waals surface area contributed by atoms with Gasteiger partial charge in [0.1, 0.15) is 12.4 Å². The molecule has 0 aromatic heterocycles. The zero-order valence-corrected chi connectivity index (χ0v) is 19.5. The summed E-state index contributed by atoms with van der Waals surface area (Å²) < 4.78 is 32.5. The van der Waals surface area contributed by atoms with Crippen LogP contribution in [0.3, 0.4) is 0 Å². The molecule has 1 fully saturated rings. The summed E-state index contributed by atoms with van der Waals surface area (Å²) >= 11 is 0. The van der Waals surface area contributed by atoms with Gasteiger partial charge in [0.15, 0.2) is 0 Å². The molecule has 0 spiro atoms. The highest BCUT2D eigenvalue weighted by molar-refractivity contribution is 7.89. The summed E-state index contributed by atoms with van der Waals surface area (Å²) in [6.45, 7) is 3.42. The first-order chi connectivity index (χ1) is 13.5. The highest BCUT2D eigenvalue weighted by Gasteiger charge is 2.29. The molecule has 9 heteroatoms. The van der Waals surface area contributed by atoms with Crippen molar-refractivity contribution in [2.24, 2.45) is 5.73 Å². The summed E-state index contributed by atoms with van der Waals surface area (Å²) in [5.74, 6) is 0.920. The Morgan fingerprint density at radius 2 is 1.93 bits per heavy atom. The minimum atomic E-state index is -3.21. The number of nitrogens with two attached hydrogens (primary N) is 1. The van der Waals surface area contributed by atoms with Crippen molar-refractivity contribution in [2.75, 3.05) is 25.4 Å². The Hall–Kier alpha value is -1.35. The zero-order chi connectivity index (χ0) is 20.0. The fraction of sp³-hybridized carbons (Fsp3) is 0.429. The molecule has 2 atom stereocenters. The monoisotopic (exact) mass is 475 g/mol. The Kier molecular flexibility index (Phi) is 11.1. The van der Waals surface area contributed by atoms with E-state index in [0.29, 0.717) is 13.2 Å². The lowest BCUT2D eigenvalue weighted by Crippen LogP contribution is -2.45. The van der Waals surface area contributed by atoms with Crippen molar-refractivity contribution in [2.45, 2.75) is 31.8 Å². The SMILES string of the molecule is CCS(=O)(=O)NC1CCNC1Cc1cccc(-c2ccccc2OCCN)c1.Cl.Cl. The molecule has 2 aromatic rings. The average molecular weight is 476 g/mol. The highest BCUT2D eigenvalue weighted by atomic mass is 35.5. The number of ether oxygens (including phenoxy) is 1. The second kappa shape index (κ2) is 12.5. The predicted molar refractivity (Wildman–Crippen MR) is 127 cm³/mol. The van der Waals surface area contributed by atoms with Crippen molar-refractivity contribution in [1.82, 2.24) is 10.0 Å². The normalized spacial score (nSPS) is 18.3. The predicted octanol–water partition coefficient (Wildman–Crippen LogP) is 2.75. The fourth-order valence-corrected chi connectivity index (χ4v) is 4.47. The number of halogens is 2. The summed E-state index contributed by atoms with van der Waals surface area (Å²) in [6.07, 6.45) is 1.57. The zero-order valence-electron chi connectivity index (χ0n) is 17.0. The molecule has 3 rings (SSSR count). The minimum Gasteiger partial charge on any atom is -0.492 e. The minimum absolute atomic E-state index is 0. The van der Waals surface area contributed by atoms with E-state index < -0.39 is 10.0 Å². The van der Waals surface area contributed by atoms with Gasteiger partial charge in [-0.25, -0.2) is 13.1 Å². The van der Waals surface area contributed by atoms with E-state index in [1.54, 1.807) is 6.92 Å². The van der Waals surface area contributed by atoms with Crippen LogP contribution in [0.25, 0.3) is 11.1 Å². The largest absolute Gasteiger partial charge is 0.492 e. The van der Waals surface area contributed by atoms with E-state index in [1.807, 2.05) is 30.3 Å². The van der Waals surface area contributed by atoms with Crippen LogP contribution in [-0.4, -0.2) is 46.0 Å². The van der Waals surface area contributed by atoms with Gasteiger partial charge in [0, 0.05) is 24.2 Å². The first kappa shape index (κ1) is 26.7. The van der Waals surface area contributed by atoms with E-state index in [2.05, 4.69) is 28.2 Å². The highest BCUT2D eigenvalue weighted by Crippen LogP contribution is 2.30. The third-order valence-corrected chi connectivity index (χ3v) is 6.44. The Balaban J connectivity index is 0.00000225. The number of benzene rings is 2. The molecule has 30 heavy (non-hydrogen) atoms. The summed E-state index contributed by atoms with van der Waals surface area (Å²) in [5.41, 5.74) is 8.83. The topological polar surface area (TPSA) is 93.5 Å². The molecule has 2 aromatic carbocycles. The number of sulfonamides is 1. The van der Waals surface area contributed by atoms with Crippen LogP contribution in [0.4, 0.5) is 0 Å². The van der Waals surface area contributed by atoms with Crippen molar-refractivity contribution in [3.63, 3.8) is 0 Å². The molecule has 168 valence electrons. The van der Waals surface area contributed by atoms with Crippen LogP contribution in [0, 0.1) is 0 Å². The summed E-state index contributed by atoms with van der Waals surface area (Å²) in [7, 11) is -3.21. The van der Waals surface area contributed by atoms with Crippen molar-refractivity contribution in [1.29, 1.82) is 0 Å². The van der Waals surface area contributed by atoms with E-state index in [4.69, 9.17) is 10.5 Å². The number of para-hydroxylation sites is 1. The van der Waals surface area contributed by atoms with Crippen LogP contribution < -0.4 is 20.5 Å². The van der Waals surface area contributed by atoms with E-state index in [0.717, 1.165) is 41.8 Å². The Morgan fingerprint density at radius 1 is 1.17 bits per heavy atom. The van der Waals surface area contributed by atoms with Gasteiger partial charge in [-0.3, -0.25) is 0 Å². The second-order valence-corrected chi connectivity index (χ2v) is 9.06. The Morgan fingerprint density at radius 3 is 2.67 bits per heavy atom. The van der Waals surface area contributed by atoms with Crippen LogP contribution in [0.2, 0.25) is 0 Å². The maximum Gasteiger partial charge on any atom is 0.211 e. The first-order valence-electron chi connectivity index (χ1n) is 9.77. The van der Waals surface area contributed by atoms with E-state index in [1.165, 1.54) is 0 Å². The summed E-state index contributed by atoms with van der Waals surface area (Å²) in [5, 5.41) is 3.43. The van der Waals surface area contributed by atoms with Gasteiger partial charge in [-0.1, -0.05) is 42.5 Å². The van der Waals surface area contributed by atoms with Crippen molar-refractivity contribution in [3.05, 3.63) is 54.1 Å². The van der Waals surface area contributed by atoms with E-state index >= 15 is 0 Å². The molecule has 0 amide bonds. The molecule has 6 nitrogen and oxygen atoms in total. The lowest BCUT2D eigenvalue weighted by molar-refractivity contribution is 0.329. The van der Waals surface area contributed by atoms with E-state index in [9.17, 15) is 8.42 Å². The molecule has 4 N–H and O–H groups in total. The number of hydrogen-bond donors (Lipinski definition) is 3.